The molecule has 0 amide bonds. The van der Waals surface area contributed by atoms with Crippen molar-refractivity contribution in [3.8, 4) is 0 Å². The van der Waals surface area contributed by atoms with E-state index in [2.05, 4.69) is 0 Å². The highest BCUT2D eigenvalue weighted by atomic mass is 16.6. The molecule has 1 aliphatic heterocycles. The number of fused-ring (bicyclic) bond motifs is 1. The lowest BCUT2D eigenvalue weighted by molar-refractivity contribution is -0.174. The minimum atomic E-state index is -0.725. The van der Waals surface area contributed by atoms with Crippen molar-refractivity contribution < 1.29 is 38.1 Å². The van der Waals surface area contributed by atoms with Crippen LogP contribution in [0, 0.1) is 29.1 Å². The molecule has 25 heavy (non-hydrogen) atoms. The van der Waals surface area contributed by atoms with Crippen molar-refractivity contribution in [1.82, 2.24) is 0 Å². The third kappa shape index (κ3) is 2.87. The van der Waals surface area contributed by atoms with Gasteiger partial charge in [-0.3, -0.25) is 14.4 Å². The average molecular weight is 354 g/mol. The van der Waals surface area contributed by atoms with Crippen LogP contribution in [0.5, 0.6) is 0 Å². The van der Waals surface area contributed by atoms with Crippen LogP contribution in [0.1, 0.15) is 27.2 Å². The van der Waals surface area contributed by atoms with Gasteiger partial charge in [-0.2, -0.15) is 0 Å². The second-order valence-corrected chi connectivity index (χ2v) is 7.82. The summed E-state index contributed by atoms with van der Waals surface area (Å²) in [5.41, 5.74) is -0.725. The summed E-state index contributed by atoms with van der Waals surface area (Å²) in [7, 11) is 1.26. The first-order valence-corrected chi connectivity index (χ1v) is 8.30. The molecule has 2 saturated carbocycles. The van der Waals surface area contributed by atoms with E-state index in [-0.39, 0.29) is 11.8 Å². The van der Waals surface area contributed by atoms with E-state index in [1.54, 1.807) is 20.8 Å². The van der Waals surface area contributed by atoms with Gasteiger partial charge in [0, 0.05) is 11.8 Å². The number of rotatable bonds is 4. The van der Waals surface area contributed by atoms with Crippen molar-refractivity contribution in [2.75, 3.05) is 13.7 Å². The molecule has 0 aromatic rings. The number of carbonyl (C=O) groups excluding carboxylic acids is 4. The molecule has 8 heteroatoms. The zero-order chi connectivity index (χ0) is 18.5. The first-order chi connectivity index (χ1) is 11.6. The predicted molar refractivity (Wildman–Crippen MR) is 80.8 cm³/mol. The van der Waals surface area contributed by atoms with Gasteiger partial charge in [-0.05, 0) is 27.2 Å². The summed E-state index contributed by atoms with van der Waals surface area (Å²) in [6.45, 7) is 4.51. The minimum absolute atomic E-state index is 0.142. The second-order valence-electron chi connectivity index (χ2n) is 7.82. The lowest BCUT2D eigenvalue weighted by Crippen LogP contribution is -2.44. The van der Waals surface area contributed by atoms with Crippen molar-refractivity contribution in [1.29, 1.82) is 0 Å². The van der Waals surface area contributed by atoms with E-state index in [4.69, 9.17) is 18.9 Å². The highest BCUT2D eigenvalue weighted by Gasteiger charge is 2.70. The summed E-state index contributed by atoms with van der Waals surface area (Å²) in [5, 5.41) is 0. The van der Waals surface area contributed by atoms with E-state index < -0.39 is 59.9 Å². The SMILES string of the molecule is COC(=O)C1C2CC3C(OC(=O)C31)C2OC(=O)COC(=O)C(C)(C)C. The van der Waals surface area contributed by atoms with E-state index in [1.165, 1.54) is 7.11 Å². The number of methoxy groups -OCH3 is 1. The van der Waals surface area contributed by atoms with Gasteiger partial charge < -0.3 is 18.9 Å². The standard InChI is InChI=1S/C17H22O8/c1-17(2,3)16(21)23-6-9(18)24-12-7-5-8-11(10(7)14(19)22-4)15(20)25-13(8)12/h7-8,10-13H,5-6H2,1-4H3. The number of hydrogen-bond acceptors (Lipinski definition) is 8. The van der Waals surface area contributed by atoms with Gasteiger partial charge >= 0.3 is 23.9 Å². The van der Waals surface area contributed by atoms with Crippen molar-refractivity contribution in [3.63, 3.8) is 0 Å². The Hall–Kier alpha value is -2.12. The highest BCUT2D eigenvalue weighted by Crippen LogP contribution is 2.58. The Kier molecular flexibility index (Phi) is 4.25. The van der Waals surface area contributed by atoms with Crippen LogP contribution in [-0.4, -0.2) is 49.8 Å². The Morgan fingerprint density at radius 3 is 2.48 bits per heavy atom. The summed E-state index contributed by atoms with van der Waals surface area (Å²) in [6, 6.07) is 0. The maximum absolute atomic E-state index is 12.1. The Morgan fingerprint density at radius 1 is 1.20 bits per heavy atom. The van der Waals surface area contributed by atoms with E-state index in [0.717, 1.165) is 0 Å². The molecule has 0 N–H and O–H groups in total. The van der Waals surface area contributed by atoms with Gasteiger partial charge in [0.25, 0.3) is 0 Å². The summed E-state index contributed by atoms with van der Waals surface area (Å²) in [4.78, 5) is 47.9. The Labute approximate surface area is 145 Å². The van der Waals surface area contributed by atoms with Gasteiger partial charge in [0.2, 0.25) is 0 Å². The van der Waals surface area contributed by atoms with Crippen LogP contribution in [0.15, 0.2) is 0 Å². The van der Waals surface area contributed by atoms with Crippen LogP contribution in [0.4, 0.5) is 0 Å². The predicted octanol–water partition coefficient (Wildman–Crippen LogP) is 0.468. The van der Waals surface area contributed by atoms with Gasteiger partial charge in [-0.25, -0.2) is 4.79 Å². The maximum Gasteiger partial charge on any atom is 0.344 e. The summed E-state index contributed by atoms with van der Waals surface area (Å²) in [5.74, 6) is -3.80. The van der Waals surface area contributed by atoms with Gasteiger partial charge in [0.1, 0.15) is 12.2 Å². The van der Waals surface area contributed by atoms with Crippen LogP contribution in [-0.2, 0) is 38.1 Å². The molecule has 2 aliphatic carbocycles. The van der Waals surface area contributed by atoms with Crippen LogP contribution in [0.3, 0.4) is 0 Å². The number of esters is 4. The van der Waals surface area contributed by atoms with E-state index in [1.807, 2.05) is 0 Å². The zero-order valence-corrected chi connectivity index (χ0v) is 14.6. The number of carbonyl (C=O) groups is 4. The molecule has 0 aromatic carbocycles. The van der Waals surface area contributed by atoms with Gasteiger partial charge in [0.05, 0.1) is 24.4 Å². The number of hydrogen-bond donors (Lipinski definition) is 0. The van der Waals surface area contributed by atoms with Crippen molar-refractivity contribution in [2.24, 2.45) is 29.1 Å². The lowest BCUT2D eigenvalue weighted by Gasteiger charge is -2.29. The van der Waals surface area contributed by atoms with Gasteiger partial charge in [-0.1, -0.05) is 0 Å². The summed E-state index contributed by atoms with van der Waals surface area (Å²) >= 11 is 0. The molecule has 3 rings (SSSR count). The van der Waals surface area contributed by atoms with E-state index in [0.29, 0.717) is 6.42 Å². The van der Waals surface area contributed by atoms with Crippen LogP contribution in [0.2, 0.25) is 0 Å². The third-order valence-electron chi connectivity index (χ3n) is 5.22. The van der Waals surface area contributed by atoms with E-state index >= 15 is 0 Å². The Bertz CT molecular complexity index is 619. The first kappa shape index (κ1) is 17.7. The molecular formula is C17H22O8. The van der Waals surface area contributed by atoms with E-state index in [9.17, 15) is 19.2 Å². The smallest absolute Gasteiger partial charge is 0.344 e. The molecule has 3 aliphatic rings. The molecule has 0 radical (unpaired) electrons. The fraction of sp³-hybridized carbons (Fsp3) is 0.765. The average Bonchev–Trinajstić information content (AvgIpc) is 3.14. The zero-order valence-electron chi connectivity index (χ0n) is 14.6. The third-order valence-corrected chi connectivity index (χ3v) is 5.22. The number of ether oxygens (including phenoxy) is 4. The Morgan fingerprint density at radius 2 is 1.88 bits per heavy atom. The molecular weight excluding hydrogens is 332 g/mol. The molecule has 0 spiro atoms. The summed E-state index contributed by atoms with van der Waals surface area (Å²) in [6.07, 6.45) is -0.677. The minimum Gasteiger partial charge on any atom is -0.469 e. The fourth-order valence-electron chi connectivity index (χ4n) is 4.13. The molecule has 1 saturated heterocycles. The fourth-order valence-corrected chi connectivity index (χ4v) is 4.13. The van der Waals surface area contributed by atoms with Crippen molar-refractivity contribution in [2.45, 2.75) is 39.4 Å². The van der Waals surface area contributed by atoms with Crippen molar-refractivity contribution in [3.05, 3.63) is 0 Å². The molecule has 2 bridgehead atoms. The normalized spacial score (nSPS) is 35.3. The topological polar surface area (TPSA) is 105 Å². The van der Waals surface area contributed by atoms with Crippen LogP contribution in [0.25, 0.3) is 0 Å². The molecule has 8 nitrogen and oxygen atoms in total. The molecule has 6 atom stereocenters. The second kappa shape index (κ2) is 6.00. The molecule has 1 heterocycles. The molecule has 138 valence electrons. The van der Waals surface area contributed by atoms with Crippen LogP contribution >= 0.6 is 0 Å². The molecule has 6 unspecified atom stereocenters. The molecule has 0 aromatic heterocycles. The maximum atomic E-state index is 12.1. The van der Waals surface area contributed by atoms with Gasteiger partial charge in [-0.15, -0.1) is 0 Å². The molecule has 3 fully saturated rings. The quantitative estimate of drug-likeness (QED) is 0.530. The first-order valence-electron chi connectivity index (χ1n) is 8.30. The largest absolute Gasteiger partial charge is 0.469 e. The van der Waals surface area contributed by atoms with Crippen molar-refractivity contribution >= 4 is 23.9 Å². The van der Waals surface area contributed by atoms with Crippen LogP contribution < -0.4 is 0 Å². The highest BCUT2D eigenvalue weighted by molar-refractivity contribution is 5.86. The van der Waals surface area contributed by atoms with Gasteiger partial charge in [0.15, 0.2) is 6.61 Å². The monoisotopic (exact) mass is 354 g/mol. The Balaban J connectivity index is 1.65. The summed E-state index contributed by atoms with van der Waals surface area (Å²) < 4.78 is 20.5. The lowest BCUT2D eigenvalue weighted by atomic mass is 9.78.